The van der Waals surface area contributed by atoms with Crippen molar-refractivity contribution in [2.24, 2.45) is 0 Å². The zero-order valence-corrected chi connectivity index (χ0v) is 10.7. The van der Waals surface area contributed by atoms with Crippen LogP contribution in [0.3, 0.4) is 0 Å². The molecule has 0 heteroatoms. The first-order valence-electron chi connectivity index (χ1n) is 6.73. The van der Waals surface area contributed by atoms with Crippen LogP contribution in [-0.4, -0.2) is 0 Å². The van der Waals surface area contributed by atoms with Gasteiger partial charge in [0.25, 0.3) is 0 Å². The number of hydrogen-bond donors (Lipinski definition) is 0. The first-order chi connectivity index (χ1) is 9.38. The summed E-state index contributed by atoms with van der Waals surface area (Å²) in [4.78, 5) is 0. The largest absolute Gasteiger partial charge is 0.120 e. The van der Waals surface area contributed by atoms with Crippen molar-refractivity contribution in [1.29, 1.82) is 0 Å². The van der Waals surface area contributed by atoms with E-state index in [1.165, 1.54) is 27.8 Å². The third-order valence-electron chi connectivity index (χ3n) is 4.35. The van der Waals surface area contributed by atoms with Gasteiger partial charge in [-0.2, -0.15) is 0 Å². The average Bonchev–Trinajstić information content (AvgIpc) is 3.13. The van der Waals surface area contributed by atoms with Crippen LogP contribution in [0, 0.1) is 12.3 Å². The molecule has 1 spiro atoms. The topological polar surface area (TPSA) is 0 Å². The van der Waals surface area contributed by atoms with E-state index >= 15 is 0 Å². The van der Waals surface area contributed by atoms with Crippen molar-refractivity contribution in [2.75, 3.05) is 0 Å². The number of allylic oxidation sites excluding steroid dienone is 2. The molecule has 0 aromatic heterocycles. The average molecular weight is 242 g/mol. The molecule has 0 unspecified atom stereocenters. The van der Waals surface area contributed by atoms with Crippen LogP contribution in [0.15, 0.2) is 60.2 Å². The summed E-state index contributed by atoms with van der Waals surface area (Å²) in [5.74, 6) is 2.75. The Balaban J connectivity index is 1.88. The standard InChI is InChI=1S/C19H14/c1-2-3-8-14-13-19(14)17-11-6-4-9-15(17)16-10-5-7-12-18(16)19/h1,4-7,9-13H,3,8H2. The molecule has 2 aromatic carbocycles. The van der Waals surface area contributed by atoms with Gasteiger partial charge in [0.1, 0.15) is 0 Å². The normalized spacial score (nSPS) is 16.5. The van der Waals surface area contributed by atoms with E-state index in [9.17, 15) is 0 Å². The van der Waals surface area contributed by atoms with Crippen molar-refractivity contribution in [1.82, 2.24) is 0 Å². The van der Waals surface area contributed by atoms with Gasteiger partial charge in [-0.3, -0.25) is 0 Å². The molecular weight excluding hydrogens is 228 g/mol. The Morgan fingerprint density at radius 3 is 2.05 bits per heavy atom. The first kappa shape index (κ1) is 10.6. The molecule has 90 valence electrons. The molecule has 2 aliphatic carbocycles. The minimum absolute atomic E-state index is 0.0734. The smallest absolute Gasteiger partial charge is 0.0608 e. The fourth-order valence-corrected chi connectivity index (χ4v) is 3.47. The molecule has 0 saturated carbocycles. The fourth-order valence-electron chi connectivity index (χ4n) is 3.47. The molecule has 2 aliphatic rings. The maximum Gasteiger partial charge on any atom is 0.0608 e. The van der Waals surface area contributed by atoms with Gasteiger partial charge < -0.3 is 0 Å². The van der Waals surface area contributed by atoms with Crippen molar-refractivity contribution < 1.29 is 0 Å². The van der Waals surface area contributed by atoms with E-state index in [1.54, 1.807) is 0 Å². The molecule has 0 amide bonds. The summed E-state index contributed by atoms with van der Waals surface area (Å²) in [6, 6.07) is 17.5. The molecule has 0 N–H and O–H groups in total. The molecule has 0 atom stereocenters. The number of hydrogen-bond acceptors (Lipinski definition) is 0. The molecule has 0 fully saturated rings. The molecule has 0 aliphatic heterocycles. The summed E-state index contributed by atoms with van der Waals surface area (Å²) >= 11 is 0. The first-order valence-corrected chi connectivity index (χ1v) is 6.73. The van der Waals surface area contributed by atoms with Crippen LogP contribution in [0.1, 0.15) is 24.0 Å². The van der Waals surface area contributed by atoms with Gasteiger partial charge in [-0.05, 0) is 28.7 Å². The Labute approximate surface area is 113 Å². The Bertz CT molecular complexity index is 695. The molecule has 4 rings (SSSR count). The Morgan fingerprint density at radius 2 is 1.47 bits per heavy atom. The molecule has 0 radical (unpaired) electrons. The van der Waals surface area contributed by atoms with Crippen LogP contribution in [0.2, 0.25) is 0 Å². The van der Waals surface area contributed by atoms with E-state index < -0.39 is 0 Å². The van der Waals surface area contributed by atoms with Gasteiger partial charge in [-0.1, -0.05) is 60.2 Å². The van der Waals surface area contributed by atoms with E-state index in [0.29, 0.717) is 0 Å². The maximum atomic E-state index is 5.40. The van der Waals surface area contributed by atoms with Crippen LogP contribution >= 0.6 is 0 Å². The van der Waals surface area contributed by atoms with Crippen molar-refractivity contribution in [2.45, 2.75) is 18.3 Å². The zero-order valence-electron chi connectivity index (χ0n) is 10.7. The second kappa shape index (κ2) is 3.62. The highest BCUT2D eigenvalue weighted by Crippen LogP contribution is 2.62. The van der Waals surface area contributed by atoms with Gasteiger partial charge in [-0.25, -0.2) is 0 Å². The molecule has 2 aromatic rings. The summed E-state index contributed by atoms with van der Waals surface area (Å²) < 4.78 is 0. The second-order valence-electron chi connectivity index (χ2n) is 5.27. The monoisotopic (exact) mass is 242 g/mol. The SMILES string of the molecule is C#CCCC1=CC12c1ccccc1-c1ccccc12. The number of rotatable bonds is 2. The lowest BCUT2D eigenvalue weighted by Crippen LogP contribution is -2.09. The second-order valence-corrected chi connectivity index (χ2v) is 5.27. The molecule has 19 heavy (non-hydrogen) atoms. The Morgan fingerprint density at radius 1 is 0.895 bits per heavy atom. The van der Waals surface area contributed by atoms with E-state index in [0.717, 1.165) is 12.8 Å². The minimum Gasteiger partial charge on any atom is -0.120 e. The molecule has 0 nitrogen and oxygen atoms in total. The predicted octanol–water partition coefficient (Wildman–Crippen LogP) is 4.31. The van der Waals surface area contributed by atoms with E-state index in [1.807, 2.05) is 0 Å². The highest BCUT2D eigenvalue weighted by molar-refractivity contribution is 5.88. The van der Waals surface area contributed by atoms with Gasteiger partial charge >= 0.3 is 0 Å². The number of benzene rings is 2. The van der Waals surface area contributed by atoms with Gasteiger partial charge in [0.15, 0.2) is 0 Å². The molecular formula is C19H14. The molecule has 0 saturated heterocycles. The van der Waals surface area contributed by atoms with Crippen LogP contribution in [0.4, 0.5) is 0 Å². The van der Waals surface area contributed by atoms with Crippen LogP contribution < -0.4 is 0 Å². The van der Waals surface area contributed by atoms with E-state index in [4.69, 9.17) is 6.42 Å². The highest BCUT2D eigenvalue weighted by Gasteiger charge is 2.52. The lowest BCUT2D eigenvalue weighted by molar-refractivity contribution is 0.863. The quantitative estimate of drug-likeness (QED) is 0.544. The zero-order chi connectivity index (χ0) is 12.9. The number of terminal acetylenes is 1. The third kappa shape index (κ3) is 1.25. The number of fused-ring (bicyclic) bond motifs is 5. The fraction of sp³-hybridized carbons (Fsp3) is 0.158. The maximum absolute atomic E-state index is 5.40. The van der Waals surface area contributed by atoms with Crippen molar-refractivity contribution in [3.63, 3.8) is 0 Å². The minimum atomic E-state index is 0.0734. The van der Waals surface area contributed by atoms with Gasteiger partial charge in [0, 0.05) is 6.42 Å². The summed E-state index contributed by atoms with van der Waals surface area (Å²) in [7, 11) is 0. The third-order valence-corrected chi connectivity index (χ3v) is 4.35. The summed E-state index contributed by atoms with van der Waals surface area (Å²) in [5, 5.41) is 0. The van der Waals surface area contributed by atoms with Gasteiger partial charge in [0.05, 0.1) is 5.41 Å². The summed E-state index contributed by atoms with van der Waals surface area (Å²) in [5.41, 5.74) is 7.19. The summed E-state index contributed by atoms with van der Waals surface area (Å²) in [6.07, 6.45) is 9.65. The summed E-state index contributed by atoms with van der Waals surface area (Å²) in [6.45, 7) is 0. The highest BCUT2D eigenvalue weighted by atomic mass is 14.5. The molecule has 0 bridgehead atoms. The lowest BCUT2D eigenvalue weighted by atomic mass is 9.87. The van der Waals surface area contributed by atoms with Crippen LogP contribution in [0.5, 0.6) is 0 Å². The van der Waals surface area contributed by atoms with Crippen molar-refractivity contribution >= 4 is 0 Å². The lowest BCUT2D eigenvalue weighted by Gasteiger charge is -2.15. The molecule has 0 heterocycles. The Kier molecular flexibility index (Phi) is 2.03. The van der Waals surface area contributed by atoms with Crippen molar-refractivity contribution in [3.8, 4) is 23.5 Å². The Hall–Kier alpha value is -2.26. The predicted molar refractivity (Wildman–Crippen MR) is 78.8 cm³/mol. The van der Waals surface area contributed by atoms with Gasteiger partial charge in [0.2, 0.25) is 0 Å². The van der Waals surface area contributed by atoms with Crippen LogP contribution in [-0.2, 0) is 5.41 Å². The van der Waals surface area contributed by atoms with E-state index in [2.05, 4.69) is 60.5 Å². The van der Waals surface area contributed by atoms with Gasteiger partial charge in [-0.15, -0.1) is 12.3 Å². The van der Waals surface area contributed by atoms with Crippen LogP contribution in [0.25, 0.3) is 11.1 Å². The van der Waals surface area contributed by atoms with Crippen molar-refractivity contribution in [3.05, 3.63) is 71.3 Å². The van der Waals surface area contributed by atoms with E-state index in [-0.39, 0.29) is 5.41 Å².